The molecule has 2 aromatic heterocycles. The van der Waals surface area contributed by atoms with Crippen LogP contribution in [0.3, 0.4) is 0 Å². The van der Waals surface area contributed by atoms with Crippen LogP contribution in [-0.4, -0.2) is 304 Å². The summed E-state index contributed by atoms with van der Waals surface area (Å²) >= 11 is 0. The topological polar surface area (TPSA) is 451 Å². The molecule has 0 bridgehead atoms. The van der Waals surface area contributed by atoms with E-state index in [2.05, 4.69) is 26.6 Å². The van der Waals surface area contributed by atoms with E-state index in [0.717, 1.165) is 22.3 Å². The van der Waals surface area contributed by atoms with Crippen LogP contribution >= 0.6 is 0 Å². The van der Waals surface area contributed by atoms with Crippen molar-refractivity contribution in [1.29, 1.82) is 0 Å². The summed E-state index contributed by atoms with van der Waals surface area (Å²) in [6, 6.07) is 25.8. The predicted molar refractivity (Wildman–Crippen MR) is 422 cm³/mol. The fourth-order valence-electron chi connectivity index (χ4n) is 12.3. The van der Waals surface area contributed by atoms with Gasteiger partial charge in [0.15, 0.2) is 11.9 Å². The lowest BCUT2D eigenvalue weighted by atomic mass is 9.98. The molecule has 0 saturated carbocycles. The average Bonchev–Trinajstić information content (AvgIpc) is 1.61. The number of aliphatic hydroxyl groups is 4. The maximum Gasteiger partial charge on any atom is 0.413 e. The molecule has 3 heterocycles. The fourth-order valence-corrected chi connectivity index (χ4v) is 12.3. The van der Waals surface area contributed by atoms with Gasteiger partial charge in [-0.3, -0.25) is 19.7 Å². The molecule has 8 rings (SSSR count). The van der Waals surface area contributed by atoms with Crippen molar-refractivity contribution < 1.29 is 135 Å². The number of benzene rings is 4. The van der Waals surface area contributed by atoms with Crippen molar-refractivity contribution in [2.75, 3.05) is 196 Å². The summed E-state index contributed by atoms with van der Waals surface area (Å²) in [6.07, 6.45) is -11.3. The first-order valence-electron chi connectivity index (χ1n) is 39.4. The minimum Gasteiger partial charge on any atom is -0.479 e. The lowest BCUT2D eigenvalue weighted by molar-refractivity contribution is -0.271. The Labute approximate surface area is 679 Å². The van der Waals surface area contributed by atoms with E-state index in [0.29, 0.717) is 186 Å². The highest BCUT2D eigenvalue weighted by atomic mass is 16.7. The number of carbonyl (C=O) groups excluding carboxylic acids is 5. The van der Waals surface area contributed by atoms with E-state index >= 15 is 0 Å². The Bertz CT molecular complexity index is 3940. The zero-order chi connectivity index (χ0) is 83.4. The molecule has 117 heavy (non-hydrogen) atoms. The molecule has 646 valence electrons. The summed E-state index contributed by atoms with van der Waals surface area (Å²) in [5.41, 5.74) is 4.33. The molecule has 1 aliphatic heterocycles. The molecule has 36 nitrogen and oxygen atoms in total. The molecule has 2 aliphatic rings. The molecule has 0 radical (unpaired) electrons. The highest BCUT2D eigenvalue weighted by Crippen LogP contribution is 2.45. The van der Waals surface area contributed by atoms with Crippen molar-refractivity contribution >= 4 is 69.3 Å². The number of pyridine rings is 1. The number of carbonyl (C=O) groups is 6. The van der Waals surface area contributed by atoms with E-state index in [-0.39, 0.29) is 100.0 Å². The number of alkyl carbamates (subject to hydrolysis) is 1. The molecule has 4 aromatic carbocycles. The molecule has 1 fully saturated rings. The maximum absolute atomic E-state index is 14.1. The third kappa shape index (κ3) is 32.5. The number of methoxy groups -OCH3 is 1. The largest absolute Gasteiger partial charge is 0.479 e. The Morgan fingerprint density at radius 2 is 1.09 bits per heavy atom. The quantitative estimate of drug-likeness (QED) is 0.0230. The number of aliphatic carboxylic acids is 1. The van der Waals surface area contributed by atoms with Gasteiger partial charge in [-0.15, -0.1) is 0 Å². The van der Waals surface area contributed by atoms with Gasteiger partial charge in [0.05, 0.1) is 181 Å². The number of rotatable bonds is 60. The van der Waals surface area contributed by atoms with E-state index in [1.54, 1.807) is 33.1 Å². The number of hydrogen-bond donors (Lipinski definition) is 10. The van der Waals surface area contributed by atoms with E-state index in [1.165, 1.54) is 18.2 Å². The monoisotopic (exact) mass is 1650 g/mol. The summed E-state index contributed by atoms with van der Waals surface area (Å²) in [5.74, 6) is -3.30. The first-order chi connectivity index (χ1) is 56.8. The Morgan fingerprint density at radius 3 is 1.64 bits per heavy atom. The minimum absolute atomic E-state index is 0.0375. The van der Waals surface area contributed by atoms with Gasteiger partial charge in [-0.1, -0.05) is 72.8 Å². The van der Waals surface area contributed by atoms with Crippen LogP contribution in [-0.2, 0) is 115 Å². The molecular weight excluding hydrogens is 1530 g/mol. The standard InChI is InChI=1S/C81H114N8O28/c1-5-102-53-66-87-69-70(89(66)54-81(2,3)100)60-18-10-11-19-62(60)85-75(69)88-80(99)114-51-55-21-22-65(116-78-73(94)71(92)72(93)74(117-78)77(96)97)64(50-55)84-68(91)23-26-83-76(95)63(86-79(98)115-52-61-58-16-8-6-14-56(58)57-15-7-9-17-59(57)61)20-12-13-25-82-67(90)24-27-103-30-31-105-34-35-107-38-39-109-42-43-111-46-47-113-49-48-112-45-44-110-41-40-108-37-36-106-33-32-104-29-28-101-4/h6-11,14-19,21-22,50,61,63,71-74,78,92-94,100H,5,12-13,20,23-49,51-54H2,1-4H3,(H,82,90)(H,83,95)(H,84,91)(H,86,98)(H,96,97)(H,85,88,99)/t63-,71-,72-,73+,74-,78+/m0/s1. The van der Waals surface area contributed by atoms with Crippen LogP contribution in [0.5, 0.6) is 5.75 Å². The summed E-state index contributed by atoms with van der Waals surface area (Å²) in [7, 11) is 1.63. The van der Waals surface area contributed by atoms with Crippen LogP contribution in [0.4, 0.5) is 21.1 Å². The van der Waals surface area contributed by atoms with Gasteiger partial charge in [-0.25, -0.2) is 24.4 Å². The number of carboxylic acid groups (broad SMARTS) is 1. The van der Waals surface area contributed by atoms with E-state index in [1.807, 2.05) is 72.2 Å². The van der Waals surface area contributed by atoms with Crippen molar-refractivity contribution in [3.8, 4) is 16.9 Å². The van der Waals surface area contributed by atoms with Crippen molar-refractivity contribution in [2.45, 2.75) is 121 Å². The normalized spacial score (nSPS) is 16.2. The molecule has 0 spiro atoms. The Morgan fingerprint density at radius 1 is 0.556 bits per heavy atom. The third-order valence-electron chi connectivity index (χ3n) is 18.1. The van der Waals surface area contributed by atoms with Crippen LogP contribution in [0.15, 0.2) is 91.0 Å². The second kappa shape index (κ2) is 52.2. The van der Waals surface area contributed by atoms with Gasteiger partial charge < -0.3 is 132 Å². The number of nitrogens with one attached hydrogen (secondary N) is 5. The van der Waals surface area contributed by atoms with Gasteiger partial charge in [0.2, 0.25) is 24.0 Å². The van der Waals surface area contributed by atoms with Crippen molar-refractivity contribution in [3.05, 3.63) is 114 Å². The molecule has 1 saturated heterocycles. The molecule has 10 N–H and O–H groups in total. The van der Waals surface area contributed by atoms with Gasteiger partial charge in [-0.2, -0.15) is 0 Å². The molecule has 6 aromatic rings. The summed E-state index contributed by atoms with van der Waals surface area (Å²) in [4.78, 5) is 89.8. The number of aliphatic hydroxyl groups excluding tert-OH is 3. The van der Waals surface area contributed by atoms with Crippen molar-refractivity contribution in [2.24, 2.45) is 0 Å². The number of nitrogens with zero attached hydrogens (tertiary/aromatic N) is 3. The van der Waals surface area contributed by atoms with Crippen molar-refractivity contribution in [1.82, 2.24) is 30.5 Å². The van der Waals surface area contributed by atoms with Crippen LogP contribution < -0.4 is 31.3 Å². The van der Waals surface area contributed by atoms with Crippen LogP contribution in [0.2, 0.25) is 0 Å². The summed E-state index contributed by atoms with van der Waals surface area (Å²) < 4.78 is 95.8. The number of hydrogen-bond acceptors (Lipinski definition) is 29. The number of fused-ring (bicyclic) bond motifs is 6. The van der Waals surface area contributed by atoms with E-state index in [4.69, 9.17) is 90.5 Å². The summed E-state index contributed by atoms with van der Waals surface area (Å²) in [6.45, 7) is 15.0. The highest BCUT2D eigenvalue weighted by molar-refractivity contribution is 6.09. The van der Waals surface area contributed by atoms with Gasteiger partial charge in [0.1, 0.15) is 61.3 Å². The number of para-hydroxylation sites is 1. The second-order valence-electron chi connectivity index (χ2n) is 27.6. The van der Waals surface area contributed by atoms with Crippen molar-refractivity contribution in [3.63, 3.8) is 0 Å². The Balaban J connectivity index is 0.738. The first-order valence-corrected chi connectivity index (χ1v) is 39.4. The van der Waals surface area contributed by atoms with E-state index in [9.17, 15) is 54.3 Å². The smallest absolute Gasteiger partial charge is 0.413 e. The minimum atomic E-state index is -2.04. The number of unbranched alkanes of at least 4 members (excludes halogenated alkanes) is 1. The van der Waals surface area contributed by atoms with Gasteiger partial charge >= 0.3 is 18.2 Å². The number of ether oxygens (including phenoxy) is 17. The molecule has 1 aliphatic carbocycles. The average molecular weight is 1650 g/mol. The third-order valence-corrected chi connectivity index (χ3v) is 18.1. The molecule has 36 heteroatoms. The highest BCUT2D eigenvalue weighted by Gasteiger charge is 2.48. The fraction of sp³-hybridized carbons (Fsp3) is 0.580. The number of aromatic nitrogens is 3. The van der Waals surface area contributed by atoms with Crippen LogP contribution in [0.1, 0.15) is 81.3 Å². The number of amides is 5. The second-order valence-corrected chi connectivity index (χ2v) is 27.6. The van der Waals surface area contributed by atoms with Gasteiger partial charge in [0, 0.05) is 51.0 Å². The molecule has 6 atom stereocenters. The SMILES string of the molecule is CCOCc1nc2c(NC(=O)OCc3ccc(O[C@@H]4O[C@H](C(=O)O)[C@@H](O)[C@H](O)[C@H]4O)c(NC(=O)CCNC(=O)[C@H](CCCCNC(=O)CCOCCOCCOCCOCCOCCOCCOCCOCCOCCOCCOCCOC)NC(=O)OCC4c5ccccc5-c5ccccc54)c3)nc3ccccc3c2n1CC(C)(C)O. The maximum atomic E-state index is 14.1. The number of imidazole rings is 1. The van der Waals surface area contributed by atoms with Crippen LogP contribution in [0.25, 0.3) is 33.1 Å². The Kier molecular flexibility index (Phi) is 41.9. The van der Waals surface area contributed by atoms with Gasteiger partial charge in [-0.05, 0) is 86.1 Å². The Hall–Kier alpha value is -8.74. The van der Waals surface area contributed by atoms with Gasteiger partial charge in [0.25, 0.3) is 0 Å². The zero-order valence-electron chi connectivity index (χ0n) is 66.9. The number of carboxylic acids is 1. The predicted octanol–water partition coefficient (Wildman–Crippen LogP) is 4.77. The van der Waals surface area contributed by atoms with Crippen LogP contribution in [0, 0.1) is 0 Å². The zero-order valence-corrected chi connectivity index (χ0v) is 66.9. The lowest BCUT2D eigenvalue weighted by Gasteiger charge is -2.38. The molecule has 5 amide bonds. The molecular formula is C81H114N8O28. The lowest BCUT2D eigenvalue weighted by Crippen LogP contribution is -2.61. The van der Waals surface area contributed by atoms with E-state index < -0.39 is 78.9 Å². The molecule has 0 unspecified atom stereocenters. The first kappa shape index (κ1) is 93.8. The summed E-state index contributed by atoms with van der Waals surface area (Å²) in [5, 5.41) is 67.0. The number of anilines is 2.